The number of hydrogen-bond donors (Lipinski definition) is 1. The molecule has 3 heteroatoms. The minimum atomic E-state index is 0.910. The van der Waals surface area contributed by atoms with Gasteiger partial charge in [0.05, 0.1) is 0 Å². The van der Waals surface area contributed by atoms with Gasteiger partial charge in [-0.25, -0.2) is 0 Å². The van der Waals surface area contributed by atoms with Gasteiger partial charge in [-0.05, 0) is 24.1 Å². The second-order valence-electron chi connectivity index (χ2n) is 3.04. The third-order valence-electron chi connectivity index (χ3n) is 2.05. The Morgan fingerprint density at radius 2 is 2.23 bits per heavy atom. The van der Waals surface area contributed by atoms with Gasteiger partial charge in [0.15, 0.2) is 0 Å². The maximum absolute atomic E-state index is 4.43. The molecule has 0 aliphatic rings. The summed E-state index contributed by atoms with van der Waals surface area (Å²) in [6.45, 7) is 2.15. The lowest BCUT2D eigenvalue weighted by Gasteiger charge is -2.00. The molecule has 0 nitrogen and oxygen atoms in total. The van der Waals surface area contributed by atoms with Gasteiger partial charge in [-0.15, -0.1) is 24.0 Å². The highest BCUT2D eigenvalue weighted by Crippen LogP contribution is 2.32. The number of fused-ring (bicyclic) bond motifs is 1. The Bertz CT molecular complexity index is 445. The van der Waals surface area contributed by atoms with Gasteiger partial charge >= 0.3 is 0 Å². The summed E-state index contributed by atoms with van der Waals surface area (Å²) in [4.78, 5) is 1.09. The van der Waals surface area contributed by atoms with Crippen LogP contribution in [0.1, 0.15) is 11.1 Å². The molecule has 0 unspecified atom stereocenters. The fraction of sp³-hybridized carbons (Fsp3) is 0.200. The average Bonchev–Trinajstić information content (AvgIpc) is 2.48. The SMILES string of the molecule is Cc1cc(CBr)cc2c(S)csc12. The highest BCUT2D eigenvalue weighted by Gasteiger charge is 2.04. The van der Waals surface area contributed by atoms with Crippen molar-refractivity contribution in [2.45, 2.75) is 17.1 Å². The fourth-order valence-corrected chi connectivity index (χ4v) is 3.08. The monoisotopic (exact) mass is 272 g/mol. The largest absolute Gasteiger partial charge is 0.142 e. The van der Waals surface area contributed by atoms with E-state index in [-0.39, 0.29) is 0 Å². The van der Waals surface area contributed by atoms with Crippen molar-refractivity contribution in [3.63, 3.8) is 0 Å². The lowest BCUT2D eigenvalue weighted by Crippen LogP contribution is -1.80. The van der Waals surface area contributed by atoms with Crippen LogP contribution in [0.5, 0.6) is 0 Å². The lowest BCUT2D eigenvalue weighted by molar-refractivity contribution is 1.41. The topological polar surface area (TPSA) is 0 Å². The molecule has 0 amide bonds. The van der Waals surface area contributed by atoms with Crippen LogP contribution in [0.3, 0.4) is 0 Å². The van der Waals surface area contributed by atoms with Gasteiger partial charge in [0.25, 0.3) is 0 Å². The summed E-state index contributed by atoms with van der Waals surface area (Å²) in [5.74, 6) is 0. The molecule has 13 heavy (non-hydrogen) atoms. The summed E-state index contributed by atoms with van der Waals surface area (Å²) in [7, 11) is 0. The van der Waals surface area contributed by atoms with Gasteiger partial charge in [-0.2, -0.15) is 0 Å². The van der Waals surface area contributed by atoms with E-state index in [1.54, 1.807) is 11.3 Å². The van der Waals surface area contributed by atoms with Crippen molar-refractivity contribution in [2.24, 2.45) is 0 Å². The van der Waals surface area contributed by atoms with Gasteiger partial charge in [0, 0.05) is 25.7 Å². The van der Waals surface area contributed by atoms with Gasteiger partial charge < -0.3 is 0 Å². The van der Waals surface area contributed by atoms with Crippen LogP contribution >= 0.6 is 39.9 Å². The molecule has 0 atom stereocenters. The quantitative estimate of drug-likeness (QED) is 0.578. The Kier molecular flexibility index (Phi) is 2.67. The molecule has 0 saturated heterocycles. The van der Waals surface area contributed by atoms with Crippen molar-refractivity contribution in [1.82, 2.24) is 0 Å². The molecule has 1 heterocycles. The predicted octanol–water partition coefficient (Wildman–Crippen LogP) is 4.39. The number of thiol groups is 1. The van der Waals surface area contributed by atoms with Gasteiger partial charge in [-0.1, -0.05) is 22.0 Å². The van der Waals surface area contributed by atoms with E-state index in [1.807, 2.05) is 0 Å². The van der Waals surface area contributed by atoms with Crippen LogP contribution < -0.4 is 0 Å². The fourth-order valence-electron chi connectivity index (χ4n) is 1.45. The summed E-state index contributed by atoms with van der Waals surface area (Å²) in [5.41, 5.74) is 2.66. The zero-order valence-corrected chi connectivity index (χ0v) is 10.5. The Morgan fingerprint density at radius 3 is 2.92 bits per heavy atom. The molecule has 2 rings (SSSR count). The molecule has 1 aromatic carbocycles. The van der Waals surface area contributed by atoms with Crippen molar-refractivity contribution < 1.29 is 0 Å². The Morgan fingerprint density at radius 1 is 1.46 bits per heavy atom. The van der Waals surface area contributed by atoms with Crippen LogP contribution in [0, 0.1) is 6.92 Å². The third-order valence-corrected chi connectivity index (χ3v) is 4.38. The molecule has 2 aromatic rings. The molecule has 1 aromatic heterocycles. The number of rotatable bonds is 1. The summed E-state index contributed by atoms with van der Waals surface area (Å²) in [6.07, 6.45) is 0. The van der Waals surface area contributed by atoms with E-state index in [9.17, 15) is 0 Å². The normalized spacial score (nSPS) is 11.0. The van der Waals surface area contributed by atoms with Crippen LogP contribution in [0.15, 0.2) is 22.4 Å². The van der Waals surface area contributed by atoms with Crippen LogP contribution in [0.2, 0.25) is 0 Å². The second-order valence-corrected chi connectivity index (χ2v) is 4.97. The first-order chi connectivity index (χ1) is 6.22. The first-order valence-electron chi connectivity index (χ1n) is 3.98. The van der Waals surface area contributed by atoms with E-state index >= 15 is 0 Å². The number of alkyl halides is 1. The molecule has 68 valence electrons. The van der Waals surface area contributed by atoms with Gasteiger partial charge in [-0.3, -0.25) is 0 Å². The molecule has 0 aliphatic carbocycles. The number of halogens is 1. The predicted molar refractivity (Wildman–Crippen MR) is 66.4 cm³/mol. The Balaban J connectivity index is 2.80. The average molecular weight is 273 g/mol. The summed E-state index contributed by atoms with van der Waals surface area (Å²) < 4.78 is 1.36. The Hall–Kier alpha value is 0.01000. The number of benzene rings is 1. The van der Waals surface area contributed by atoms with Gasteiger partial charge in [0.1, 0.15) is 0 Å². The molecule has 0 aliphatic heterocycles. The zero-order chi connectivity index (χ0) is 9.42. The van der Waals surface area contributed by atoms with Crippen molar-refractivity contribution in [2.75, 3.05) is 0 Å². The van der Waals surface area contributed by atoms with E-state index in [2.05, 4.69) is 53.0 Å². The third kappa shape index (κ3) is 1.65. The van der Waals surface area contributed by atoms with Crippen molar-refractivity contribution in [3.05, 3.63) is 28.6 Å². The summed E-state index contributed by atoms with van der Waals surface area (Å²) in [5, 5.41) is 4.29. The van der Waals surface area contributed by atoms with E-state index < -0.39 is 0 Å². The first kappa shape index (κ1) is 9.56. The molecule has 0 spiro atoms. The zero-order valence-electron chi connectivity index (χ0n) is 7.17. The van der Waals surface area contributed by atoms with Crippen LogP contribution in [-0.2, 0) is 5.33 Å². The number of aryl methyl sites for hydroxylation is 1. The summed E-state index contributed by atoms with van der Waals surface area (Å²) in [6, 6.07) is 4.43. The molecule has 0 fully saturated rings. The van der Waals surface area contributed by atoms with Crippen molar-refractivity contribution in [1.29, 1.82) is 0 Å². The molecule has 0 saturated carbocycles. The van der Waals surface area contributed by atoms with E-state index in [0.717, 1.165) is 10.2 Å². The molecule has 0 N–H and O–H groups in total. The highest BCUT2D eigenvalue weighted by molar-refractivity contribution is 9.08. The van der Waals surface area contributed by atoms with Crippen LogP contribution in [0.25, 0.3) is 10.1 Å². The van der Waals surface area contributed by atoms with E-state index in [4.69, 9.17) is 0 Å². The Labute approximate surface area is 95.5 Å². The summed E-state index contributed by atoms with van der Waals surface area (Å²) >= 11 is 9.67. The van der Waals surface area contributed by atoms with Gasteiger partial charge in [0.2, 0.25) is 0 Å². The van der Waals surface area contributed by atoms with Crippen molar-refractivity contribution >= 4 is 50.0 Å². The maximum atomic E-state index is 4.43. The molecule has 0 bridgehead atoms. The minimum absolute atomic E-state index is 0.910. The maximum Gasteiger partial charge on any atom is 0.0383 e. The lowest BCUT2D eigenvalue weighted by atomic mass is 10.1. The molecule has 0 radical (unpaired) electrons. The van der Waals surface area contributed by atoms with Crippen molar-refractivity contribution in [3.8, 4) is 0 Å². The molecular weight excluding hydrogens is 264 g/mol. The number of thiophene rings is 1. The highest BCUT2D eigenvalue weighted by atomic mass is 79.9. The van der Waals surface area contributed by atoms with E-state index in [0.29, 0.717) is 0 Å². The number of hydrogen-bond acceptors (Lipinski definition) is 2. The van der Waals surface area contributed by atoms with Crippen LogP contribution in [-0.4, -0.2) is 0 Å². The van der Waals surface area contributed by atoms with E-state index in [1.165, 1.54) is 21.2 Å². The standard InChI is InChI=1S/C10H9BrS2/c1-6-2-7(4-11)3-8-9(12)5-13-10(6)8/h2-3,5,12H,4H2,1H3. The second kappa shape index (κ2) is 3.64. The first-order valence-corrected chi connectivity index (χ1v) is 6.43. The molecular formula is C10H9BrS2. The smallest absolute Gasteiger partial charge is 0.0383 e. The minimum Gasteiger partial charge on any atom is -0.142 e. The van der Waals surface area contributed by atoms with Crippen LogP contribution in [0.4, 0.5) is 0 Å².